The minimum atomic E-state index is -0.936. The molecule has 40 heavy (non-hydrogen) atoms. The number of aliphatic carboxylic acids is 2. The molecule has 0 amide bonds. The molecule has 0 aliphatic rings. The van der Waals surface area contributed by atoms with Crippen molar-refractivity contribution in [3.63, 3.8) is 0 Å². The molecular weight excluding hydrogens is 496 g/mol. The van der Waals surface area contributed by atoms with Gasteiger partial charge >= 0.3 is 0 Å². The molecule has 0 aliphatic carbocycles. The third-order valence-electron chi connectivity index (χ3n) is 7.32. The molecule has 228 valence electrons. The van der Waals surface area contributed by atoms with Gasteiger partial charge < -0.3 is 19.8 Å². The molecule has 0 aromatic carbocycles. The Labute approximate surface area is 246 Å². The first kappa shape index (κ1) is 37.6. The number of carbonyl (C=O) groups is 2. The van der Waals surface area contributed by atoms with Crippen LogP contribution in [0.15, 0.2) is 60.8 Å². The van der Waals surface area contributed by atoms with Gasteiger partial charge in [-0.05, 0) is 82.5 Å². The van der Waals surface area contributed by atoms with Crippen molar-refractivity contribution in [3.8, 4) is 0 Å². The van der Waals surface area contributed by atoms with E-state index in [2.05, 4.69) is 74.6 Å². The number of hydrogen-bond acceptors (Lipinski definition) is 4. The van der Waals surface area contributed by atoms with Gasteiger partial charge in [0.1, 0.15) is 0 Å². The zero-order valence-electron chi connectivity index (χ0n) is 25.7. The van der Waals surface area contributed by atoms with E-state index in [9.17, 15) is 19.8 Å². The fraction of sp³-hybridized carbons (Fsp3) is 0.667. The van der Waals surface area contributed by atoms with Gasteiger partial charge in [0.05, 0.1) is 0 Å². The van der Waals surface area contributed by atoms with Gasteiger partial charge in [0.25, 0.3) is 0 Å². The standard InChI is InChI=1S/C36H60O4/c1-3-5-23-29-34(30-25-20-16-12-10-14-18-22-27-32-36(39)40)33(4-2)28-24-19-15-11-8-6-7-9-13-17-21-26-31-35(37)38/h6,8,15-16,19-20,24-25,28,30,33-34H,3-5,7,9-14,17-18,21-23,26-27,29,31-32H2,1-2H3,(H,37,38)(H,39,40)/p-2/b8-6-,19-15-,20-16-,28-24-,30-25+. The Morgan fingerprint density at radius 1 is 0.550 bits per heavy atom. The number of unbranched alkanes of at least 4 members (excludes halogenated alkanes) is 12. The number of rotatable bonds is 28. The lowest BCUT2D eigenvalue weighted by Crippen LogP contribution is -2.21. The normalized spacial score (nSPS) is 13.9. The number of carboxylic acid groups (broad SMARTS) is 2. The summed E-state index contributed by atoms with van der Waals surface area (Å²) in [5.74, 6) is -0.756. The lowest BCUT2D eigenvalue weighted by Gasteiger charge is -2.20. The van der Waals surface area contributed by atoms with Gasteiger partial charge in [-0.1, -0.05) is 132 Å². The van der Waals surface area contributed by atoms with Crippen molar-refractivity contribution in [2.24, 2.45) is 11.8 Å². The van der Waals surface area contributed by atoms with Gasteiger partial charge in [-0.15, -0.1) is 0 Å². The molecule has 0 rings (SSSR count). The van der Waals surface area contributed by atoms with E-state index < -0.39 is 11.9 Å². The topological polar surface area (TPSA) is 80.3 Å². The summed E-state index contributed by atoms with van der Waals surface area (Å²) >= 11 is 0. The molecule has 0 fully saturated rings. The molecule has 0 spiro atoms. The minimum Gasteiger partial charge on any atom is -0.550 e. The Bertz CT molecular complexity index is 744. The molecule has 2 unspecified atom stereocenters. The highest BCUT2D eigenvalue weighted by Crippen LogP contribution is 2.25. The maximum absolute atomic E-state index is 10.4. The van der Waals surface area contributed by atoms with Crippen LogP contribution in [-0.2, 0) is 9.59 Å². The molecule has 0 heterocycles. The Kier molecular flexibility index (Phi) is 27.9. The van der Waals surface area contributed by atoms with E-state index in [0.29, 0.717) is 11.8 Å². The Morgan fingerprint density at radius 3 is 1.65 bits per heavy atom. The molecule has 4 heteroatoms. The van der Waals surface area contributed by atoms with Crippen LogP contribution in [0.25, 0.3) is 0 Å². The largest absolute Gasteiger partial charge is 0.550 e. The molecule has 0 aliphatic heterocycles. The van der Waals surface area contributed by atoms with Gasteiger partial charge in [0.2, 0.25) is 0 Å². The average Bonchev–Trinajstić information content (AvgIpc) is 2.93. The second kappa shape index (κ2) is 29.6. The highest BCUT2D eigenvalue weighted by atomic mass is 16.4. The molecule has 0 radical (unpaired) electrons. The molecule has 0 aromatic heterocycles. The SMILES string of the molecule is CCCCCC(/C=C/C=C\CCCCCCCC(=O)[O-])C(/C=C\C=C/C/C=C\CCCCCCCC(=O)[O-])CC. The summed E-state index contributed by atoms with van der Waals surface area (Å²) in [6, 6.07) is 0. The summed E-state index contributed by atoms with van der Waals surface area (Å²) in [7, 11) is 0. The maximum atomic E-state index is 10.4. The predicted octanol–water partition coefficient (Wildman–Crippen LogP) is 8.34. The van der Waals surface area contributed by atoms with Crippen LogP contribution in [0.1, 0.15) is 142 Å². The summed E-state index contributed by atoms with van der Waals surface area (Å²) in [6.45, 7) is 4.55. The van der Waals surface area contributed by atoms with Gasteiger partial charge in [-0.3, -0.25) is 0 Å². The molecule has 0 saturated heterocycles. The van der Waals surface area contributed by atoms with Gasteiger partial charge in [-0.25, -0.2) is 0 Å². The van der Waals surface area contributed by atoms with Crippen LogP contribution in [0.3, 0.4) is 0 Å². The first-order valence-electron chi connectivity index (χ1n) is 16.2. The van der Waals surface area contributed by atoms with Crippen LogP contribution in [0.4, 0.5) is 0 Å². The first-order chi connectivity index (χ1) is 19.5. The molecular formula is C36H58O4-2. The monoisotopic (exact) mass is 554 g/mol. The van der Waals surface area contributed by atoms with E-state index in [0.717, 1.165) is 83.5 Å². The van der Waals surface area contributed by atoms with Crippen molar-refractivity contribution in [1.29, 1.82) is 0 Å². The van der Waals surface area contributed by atoms with Crippen molar-refractivity contribution in [3.05, 3.63) is 60.8 Å². The number of allylic oxidation sites excluding steroid dienone is 10. The summed E-state index contributed by atoms with van der Waals surface area (Å²) < 4.78 is 0. The molecule has 0 aromatic rings. The lowest BCUT2D eigenvalue weighted by molar-refractivity contribution is -0.307. The summed E-state index contributed by atoms with van der Waals surface area (Å²) in [5, 5.41) is 20.8. The van der Waals surface area contributed by atoms with Crippen LogP contribution in [-0.4, -0.2) is 11.9 Å². The molecule has 4 nitrogen and oxygen atoms in total. The maximum Gasteiger partial charge on any atom is 0.0414 e. The van der Waals surface area contributed by atoms with Crippen LogP contribution in [0, 0.1) is 11.8 Å². The second-order valence-corrected chi connectivity index (χ2v) is 10.9. The van der Waals surface area contributed by atoms with Crippen molar-refractivity contribution in [2.45, 2.75) is 142 Å². The predicted molar refractivity (Wildman–Crippen MR) is 166 cm³/mol. The fourth-order valence-corrected chi connectivity index (χ4v) is 4.83. The van der Waals surface area contributed by atoms with E-state index in [4.69, 9.17) is 0 Å². The molecule has 0 bridgehead atoms. The second-order valence-electron chi connectivity index (χ2n) is 10.9. The zero-order valence-corrected chi connectivity index (χ0v) is 25.7. The molecule has 0 saturated carbocycles. The minimum absolute atomic E-state index is 0.187. The summed E-state index contributed by atoms with van der Waals surface area (Å²) in [5.41, 5.74) is 0. The molecule has 2 atom stereocenters. The van der Waals surface area contributed by atoms with Crippen molar-refractivity contribution in [1.82, 2.24) is 0 Å². The van der Waals surface area contributed by atoms with Gasteiger partial charge in [0, 0.05) is 11.9 Å². The quantitative estimate of drug-likeness (QED) is 0.0553. The Hall–Kier alpha value is -2.36. The van der Waals surface area contributed by atoms with Crippen LogP contribution in [0.5, 0.6) is 0 Å². The Morgan fingerprint density at radius 2 is 1.07 bits per heavy atom. The third-order valence-corrected chi connectivity index (χ3v) is 7.32. The van der Waals surface area contributed by atoms with Crippen LogP contribution < -0.4 is 10.2 Å². The highest BCUT2D eigenvalue weighted by Gasteiger charge is 2.14. The van der Waals surface area contributed by atoms with Crippen molar-refractivity contribution >= 4 is 11.9 Å². The van der Waals surface area contributed by atoms with Crippen molar-refractivity contribution < 1.29 is 19.8 Å². The zero-order chi connectivity index (χ0) is 29.5. The van der Waals surface area contributed by atoms with Crippen LogP contribution >= 0.6 is 0 Å². The van der Waals surface area contributed by atoms with Gasteiger partial charge in [0.15, 0.2) is 0 Å². The smallest absolute Gasteiger partial charge is 0.0414 e. The number of carbonyl (C=O) groups excluding carboxylic acids is 2. The third kappa shape index (κ3) is 27.2. The molecule has 0 N–H and O–H groups in total. The first-order valence-corrected chi connectivity index (χ1v) is 16.2. The van der Waals surface area contributed by atoms with E-state index in [1.165, 1.54) is 32.1 Å². The Balaban J connectivity index is 4.34. The van der Waals surface area contributed by atoms with E-state index >= 15 is 0 Å². The summed E-state index contributed by atoms with van der Waals surface area (Å²) in [6.07, 6.45) is 42.5. The van der Waals surface area contributed by atoms with E-state index in [-0.39, 0.29) is 12.8 Å². The highest BCUT2D eigenvalue weighted by molar-refractivity contribution is 5.64. The van der Waals surface area contributed by atoms with E-state index in [1.807, 2.05) is 0 Å². The van der Waals surface area contributed by atoms with Crippen LogP contribution in [0.2, 0.25) is 0 Å². The average molecular weight is 555 g/mol. The van der Waals surface area contributed by atoms with Gasteiger partial charge in [-0.2, -0.15) is 0 Å². The lowest BCUT2D eigenvalue weighted by atomic mass is 9.85. The van der Waals surface area contributed by atoms with E-state index in [1.54, 1.807) is 0 Å². The number of hydrogen-bond donors (Lipinski definition) is 0. The number of carboxylic acids is 2. The fourth-order valence-electron chi connectivity index (χ4n) is 4.83. The summed E-state index contributed by atoms with van der Waals surface area (Å²) in [4.78, 5) is 20.8. The van der Waals surface area contributed by atoms with Crippen molar-refractivity contribution in [2.75, 3.05) is 0 Å².